The van der Waals surface area contributed by atoms with Gasteiger partial charge < -0.3 is 16.0 Å². The Bertz CT molecular complexity index is 2950. The highest BCUT2D eigenvalue weighted by Crippen LogP contribution is 2.30. The normalized spacial score (nSPS) is 11.4. The minimum Gasteiger partial charge on any atom is -0.322 e. The van der Waals surface area contributed by atoms with Crippen LogP contribution in [0.3, 0.4) is 0 Å². The highest BCUT2D eigenvalue weighted by atomic mass is 16.2. The lowest BCUT2D eigenvalue weighted by Crippen LogP contribution is -2.19. The molecule has 0 unspecified atom stereocenters. The average Bonchev–Trinajstić information content (AvgIpc) is 3.25. The Hall–Kier alpha value is -8.04. The number of nitrogens with one attached hydrogen (secondary N) is 3. The summed E-state index contributed by atoms with van der Waals surface area (Å²) in [7, 11) is 0. The summed E-state index contributed by atoms with van der Waals surface area (Å²) in [6.45, 7) is 0. The lowest BCUT2D eigenvalue weighted by Gasteiger charge is -2.13. The van der Waals surface area contributed by atoms with Crippen molar-refractivity contribution < 1.29 is 14.4 Å². The molecule has 3 heterocycles. The molecule has 10 rings (SSSR count). The van der Waals surface area contributed by atoms with Crippen LogP contribution in [-0.2, 0) is 0 Å². The number of aromatic nitrogens is 3. The molecule has 0 atom stereocenters. The van der Waals surface area contributed by atoms with Gasteiger partial charge in [-0.2, -0.15) is 0 Å². The predicted molar refractivity (Wildman–Crippen MR) is 228 cm³/mol. The summed E-state index contributed by atoms with van der Waals surface area (Å²) in [5.41, 5.74) is 4.70. The Morgan fingerprint density at radius 1 is 0.333 bits per heavy atom. The van der Waals surface area contributed by atoms with Crippen molar-refractivity contribution in [2.24, 2.45) is 0 Å². The van der Waals surface area contributed by atoms with E-state index in [4.69, 9.17) is 0 Å². The largest absolute Gasteiger partial charge is 0.322 e. The summed E-state index contributed by atoms with van der Waals surface area (Å²) in [5, 5.41) is 17.6. The monoisotopic (exact) mass is 738 g/mol. The molecular weight excluding hydrogens is 709 g/mol. The Labute approximate surface area is 325 Å². The number of carbonyl (C=O) groups is 3. The molecule has 7 aromatic carbocycles. The van der Waals surface area contributed by atoms with Crippen molar-refractivity contribution >= 4 is 99.8 Å². The van der Waals surface area contributed by atoms with Crippen LogP contribution in [0.5, 0.6) is 0 Å². The van der Waals surface area contributed by atoms with Gasteiger partial charge in [-0.25, -0.2) is 0 Å². The fourth-order valence-corrected chi connectivity index (χ4v) is 7.48. The minimum atomic E-state index is -0.480. The lowest BCUT2D eigenvalue weighted by molar-refractivity contribution is 0.102. The molecule has 0 fully saturated rings. The molecule has 0 aliphatic carbocycles. The first kappa shape index (κ1) is 33.5. The van der Waals surface area contributed by atoms with Gasteiger partial charge in [-0.05, 0) is 89.0 Å². The van der Waals surface area contributed by atoms with Crippen molar-refractivity contribution in [1.82, 2.24) is 15.0 Å². The SMILES string of the molecule is O=C(Nc1ccc2c(ccc3cccnc32)c1)c1cc(C(=O)Nc2ccc3c(ccc4cccnc43)c2)cc(C(=O)Nc2ccc3c(ccc4cccnc43)c2)c1. The number of benzene rings is 7. The summed E-state index contributed by atoms with van der Waals surface area (Å²) in [5.74, 6) is -1.44. The summed E-state index contributed by atoms with van der Waals surface area (Å²) in [4.78, 5) is 55.4. The van der Waals surface area contributed by atoms with Crippen molar-refractivity contribution in [2.75, 3.05) is 16.0 Å². The van der Waals surface area contributed by atoms with E-state index in [1.54, 1.807) is 18.6 Å². The molecule has 3 amide bonds. The highest BCUT2D eigenvalue weighted by Gasteiger charge is 2.19. The third-order valence-electron chi connectivity index (χ3n) is 10.3. The average molecular weight is 739 g/mol. The Kier molecular flexibility index (Phi) is 8.04. The molecule has 270 valence electrons. The maximum Gasteiger partial charge on any atom is 0.255 e. The van der Waals surface area contributed by atoms with Crippen molar-refractivity contribution in [3.05, 3.63) is 181 Å². The van der Waals surface area contributed by atoms with Gasteiger partial charge in [-0.15, -0.1) is 0 Å². The fourth-order valence-electron chi connectivity index (χ4n) is 7.48. The van der Waals surface area contributed by atoms with Crippen molar-refractivity contribution in [3.8, 4) is 0 Å². The molecule has 3 N–H and O–H groups in total. The summed E-state index contributed by atoms with van der Waals surface area (Å²) in [6, 6.07) is 45.0. The van der Waals surface area contributed by atoms with Crippen molar-refractivity contribution in [3.63, 3.8) is 0 Å². The van der Waals surface area contributed by atoms with Gasteiger partial charge in [0.1, 0.15) is 0 Å². The molecule has 10 aromatic rings. The van der Waals surface area contributed by atoms with E-state index in [2.05, 4.69) is 30.9 Å². The second kappa shape index (κ2) is 13.7. The first-order valence-electron chi connectivity index (χ1n) is 18.4. The molecule has 3 aromatic heterocycles. The van der Waals surface area contributed by atoms with Crippen LogP contribution in [0.1, 0.15) is 31.1 Å². The van der Waals surface area contributed by atoms with Crippen LogP contribution < -0.4 is 16.0 Å². The zero-order valence-corrected chi connectivity index (χ0v) is 30.2. The molecule has 0 saturated carbocycles. The van der Waals surface area contributed by atoms with Gasteiger partial charge in [0.15, 0.2) is 0 Å². The molecule has 0 saturated heterocycles. The van der Waals surface area contributed by atoms with Gasteiger partial charge in [-0.1, -0.05) is 72.8 Å². The number of carbonyl (C=O) groups excluding carboxylic acids is 3. The van der Waals surface area contributed by atoms with E-state index in [-0.39, 0.29) is 16.7 Å². The molecule has 57 heavy (non-hydrogen) atoms. The topological polar surface area (TPSA) is 126 Å². The number of hydrogen-bond donors (Lipinski definition) is 3. The van der Waals surface area contributed by atoms with Crippen LogP contribution in [-0.4, -0.2) is 32.7 Å². The van der Waals surface area contributed by atoms with Gasteiger partial charge in [-0.3, -0.25) is 29.3 Å². The molecule has 0 aliphatic heterocycles. The number of amides is 3. The van der Waals surface area contributed by atoms with Crippen LogP contribution in [0.2, 0.25) is 0 Å². The predicted octanol–water partition coefficient (Wildman–Crippen LogP) is 10.5. The van der Waals surface area contributed by atoms with Gasteiger partial charge >= 0.3 is 0 Å². The van der Waals surface area contributed by atoms with Crippen molar-refractivity contribution in [1.29, 1.82) is 0 Å². The van der Waals surface area contributed by atoms with E-state index in [0.717, 1.165) is 65.0 Å². The van der Waals surface area contributed by atoms with Crippen LogP contribution in [0.25, 0.3) is 65.0 Å². The minimum absolute atomic E-state index is 0.139. The van der Waals surface area contributed by atoms with Crippen LogP contribution in [0.15, 0.2) is 164 Å². The molecule has 0 aliphatic rings. The van der Waals surface area contributed by atoms with Gasteiger partial charge in [0.2, 0.25) is 0 Å². The molecule has 0 radical (unpaired) electrons. The number of nitrogens with zero attached hydrogens (tertiary/aromatic N) is 3. The first-order valence-corrected chi connectivity index (χ1v) is 18.4. The maximum absolute atomic E-state index is 13.9. The van der Waals surface area contributed by atoms with Crippen LogP contribution in [0.4, 0.5) is 17.1 Å². The third-order valence-corrected chi connectivity index (χ3v) is 10.3. The molecule has 9 heteroatoms. The number of pyridine rings is 3. The molecule has 0 bridgehead atoms. The molecule has 0 spiro atoms. The fraction of sp³-hybridized carbons (Fsp3) is 0. The molecular formula is C48H30N6O3. The Morgan fingerprint density at radius 2 is 0.632 bits per heavy atom. The lowest BCUT2D eigenvalue weighted by atomic mass is 10.0. The first-order chi connectivity index (χ1) is 27.9. The Morgan fingerprint density at radius 3 is 0.947 bits per heavy atom. The number of anilines is 3. The van der Waals surface area contributed by atoms with Gasteiger partial charge in [0, 0.05) is 84.7 Å². The quantitative estimate of drug-likeness (QED) is 0.146. The van der Waals surface area contributed by atoms with Crippen molar-refractivity contribution in [2.45, 2.75) is 0 Å². The maximum atomic E-state index is 13.9. The van der Waals surface area contributed by atoms with E-state index in [1.807, 2.05) is 127 Å². The highest BCUT2D eigenvalue weighted by molar-refractivity contribution is 6.15. The second-order valence-electron chi connectivity index (χ2n) is 13.9. The van der Waals surface area contributed by atoms with E-state index >= 15 is 0 Å². The number of rotatable bonds is 6. The third kappa shape index (κ3) is 6.29. The number of fused-ring (bicyclic) bond motifs is 9. The van der Waals surface area contributed by atoms with Gasteiger partial charge in [0.25, 0.3) is 17.7 Å². The van der Waals surface area contributed by atoms with E-state index in [0.29, 0.717) is 17.1 Å². The zero-order valence-electron chi connectivity index (χ0n) is 30.2. The van der Waals surface area contributed by atoms with E-state index in [9.17, 15) is 14.4 Å². The summed E-state index contributed by atoms with van der Waals surface area (Å²) >= 11 is 0. The number of hydrogen-bond acceptors (Lipinski definition) is 6. The van der Waals surface area contributed by atoms with E-state index < -0.39 is 17.7 Å². The van der Waals surface area contributed by atoms with E-state index in [1.165, 1.54) is 18.2 Å². The zero-order chi connectivity index (χ0) is 38.5. The summed E-state index contributed by atoms with van der Waals surface area (Å²) in [6.07, 6.45) is 5.27. The second-order valence-corrected chi connectivity index (χ2v) is 13.9. The Balaban J connectivity index is 0.978. The standard InChI is InChI=1S/C48H30N6O3/c55-46(52-37-13-16-40-31(25-37)10-7-28-4-1-19-49-43(28)40)34-22-35(47(56)53-38-14-17-41-32(26-38)11-8-29-5-2-20-50-44(29)41)24-36(23-34)48(57)54-39-15-18-42-33(27-39)12-9-30-6-3-21-51-45(30)42/h1-27H,(H,52,55)(H,53,56)(H,54,57). The molecule has 9 nitrogen and oxygen atoms in total. The summed E-state index contributed by atoms with van der Waals surface area (Å²) < 4.78 is 0. The van der Waals surface area contributed by atoms with Crippen LogP contribution >= 0.6 is 0 Å². The van der Waals surface area contributed by atoms with Crippen LogP contribution in [0, 0.1) is 0 Å². The smallest absolute Gasteiger partial charge is 0.255 e. The van der Waals surface area contributed by atoms with Gasteiger partial charge in [0.05, 0.1) is 16.6 Å².